The number of aryl methyl sites for hydroxylation is 1. The van der Waals surface area contributed by atoms with E-state index in [9.17, 15) is 4.79 Å². The number of carbonyl (C=O) groups is 1. The Morgan fingerprint density at radius 3 is 2.72 bits per heavy atom. The highest BCUT2D eigenvalue weighted by Crippen LogP contribution is 2.18. The molecule has 1 N–H and O–H groups in total. The van der Waals surface area contributed by atoms with Crippen molar-refractivity contribution in [3.8, 4) is 0 Å². The first-order valence-corrected chi connectivity index (χ1v) is 6.55. The lowest BCUT2D eigenvalue weighted by Gasteiger charge is -2.15. The summed E-state index contributed by atoms with van der Waals surface area (Å²) in [6.07, 6.45) is 1.86. The zero-order valence-corrected chi connectivity index (χ0v) is 11.9. The minimum absolute atomic E-state index is 0.0232. The largest absolute Gasteiger partial charge is 0.347 e. The Kier molecular flexibility index (Phi) is 3.87. The first-order chi connectivity index (χ1) is 8.58. The van der Waals surface area contributed by atoms with Crippen LogP contribution in [0.1, 0.15) is 29.0 Å². The van der Waals surface area contributed by atoms with E-state index in [1.807, 2.05) is 61.1 Å². The summed E-state index contributed by atoms with van der Waals surface area (Å²) >= 11 is 3.43. The van der Waals surface area contributed by atoms with Crippen molar-refractivity contribution in [3.05, 3.63) is 58.3 Å². The molecule has 1 atom stereocenters. The maximum atomic E-state index is 12.1. The summed E-state index contributed by atoms with van der Waals surface area (Å²) in [5.74, 6) is -0.0602. The Labute approximate surface area is 115 Å². The van der Waals surface area contributed by atoms with Crippen LogP contribution in [-0.2, 0) is 7.05 Å². The van der Waals surface area contributed by atoms with E-state index in [4.69, 9.17) is 0 Å². The average Bonchev–Trinajstić information content (AvgIpc) is 2.75. The summed E-state index contributed by atoms with van der Waals surface area (Å²) in [6, 6.07) is 11.6. The molecule has 1 aromatic heterocycles. The molecule has 4 heteroatoms. The summed E-state index contributed by atoms with van der Waals surface area (Å²) in [5.41, 5.74) is 1.74. The Hall–Kier alpha value is -1.55. The third kappa shape index (κ3) is 2.82. The number of hydrogen-bond acceptors (Lipinski definition) is 1. The van der Waals surface area contributed by atoms with E-state index < -0.39 is 0 Å². The molecule has 0 aliphatic carbocycles. The van der Waals surface area contributed by atoms with Gasteiger partial charge in [-0.05, 0) is 36.8 Å². The van der Waals surface area contributed by atoms with Gasteiger partial charge < -0.3 is 9.88 Å². The van der Waals surface area contributed by atoms with Gasteiger partial charge in [-0.1, -0.05) is 28.1 Å². The zero-order valence-electron chi connectivity index (χ0n) is 10.4. The van der Waals surface area contributed by atoms with Gasteiger partial charge in [-0.3, -0.25) is 4.79 Å². The topological polar surface area (TPSA) is 34.0 Å². The lowest BCUT2D eigenvalue weighted by atomic mass is 10.1. The standard InChI is InChI=1S/C14H15BrN2O/c1-10(11-5-3-6-12(15)9-11)16-14(18)13-7-4-8-17(13)2/h3-10H,1-2H3,(H,16,18). The van der Waals surface area contributed by atoms with Crippen molar-refractivity contribution >= 4 is 21.8 Å². The van der Waals surface area contributed by atoms with Crippen LogP contribution in [0.25, 0.3) is 0 Å². The second kappa shape index (κ2) is 5.40. The Balaban J connectivity index is 2.10. The quantitative estimate of drug-likeness (QED) is 0.928. The fourth-order valence-electron chi connectivity index (χ4n) is 1.83. The Morgan fingerprint density at radius 1 is 1.33 bits per heavy atom. The average molecular weight is 307 g/mol. The molecule has 2 aromatic rings. The number of rotatable bonds is 3. The Morgan fingerprint density at radius 2 is 2.11 bits per heavy atom. The number of carbonyl (C=O) groups excluding carboxylic acids is 1. The van der Waals surface area contributed by atoms with Crippen molar-refractivity contribution in [1.29, 1.82) is 0 Å². The van der Waals surface area contributed by atoms with Crippen molar-refractivity contribution in [2.45, 2.75) is 13.0 Å². The van der Waals surface area contributed by atoms with Gasteiger partial charge in [-0.15, -0.1) is 0 Å². The van der Waals surface area contributed by atoms with Gasteiger partial charge in [0, 0.05) is 17.7 Å². The summed E-state index contributed by atoms with van der Waals surface area (Å²) in [5, 5.41) is 2.99. The molecule has 0 radical (unpaired) electrons. The molecule has 0 aliphatic heterocycles. The molecule has 1 amide bonds. The van der Waals surface area contributed by atoms with E-state index in [1.165, 1.54) is 0 Å². The van der Waals surface area contributed by atoms with Gasteiger partial charge in [0.05, 0.1) is 6.04 Å². The molecule has 0 fully saturated rings. The van der Waals surface area contributed by atoms with E-state index in [-0.39, 0.29) is 11.9 Å². The number of halogens is 1. The van der Waals surface area contributed by atoms with E-state index in [0.29, 0.717) is 5.69 Å². The van der Waals surface area contributed by atoms with Gasteiger partial charge in [0.2, 0.25) is 0 Å². The molecule has 0 aliphatic rings. The monoisotopic (exact) mass is 306 g/mol. The van der Waals surface area contributed by atoms with Crippen LogP contribution in [0.15, 0.2) is 47.1 Å². The van der Waals surface area contributed by atoms with Gasteiger partial charge in [0.1, 0.15) is 5.69 Å². The molecule has 0 saturated carbocycles. The van der Waals surface area contributed by atoms with Crippen LogP contribution in [0.4, 0.5) is 0 Å². The predicted molar refractivity (Wildman–Crippen MR) is 75.4 cm³/mol. The van der Waals surface area contributed by atoms with Crippen LogP contribution in [0.2, 0.25) is 0 Å². The minimum atomic E-state index is -0.0602. The number of aromatic nitrogens is 1. The highest BCUT2D eigenvalue weighted by molar-refractivity contribution is 9.10. The number of hydrogen-bond donors (Lipinski definition) is 1. The molecule has 0 bridgehead atoms. The van der Waals surface area contributed by atoms with Crippen molar-refractivity contribution < 1.29 is 4.79 Å². The van der Waals surface area contributed by atoms with Gasteiger partial charge in [-0.25, -0.2) is 0 Å². The molecule has 2 rings (SSSR count). The molecule has 0 spiro atoms. The number of nitrogens with one attached hydrogen (secondary N) is 1. The molecule has 0 saturated heterocycles. The van der Waals surface area contributed by atoms with Crippen molar-refractivity contribution in [3.63, 3.8) is 0 Å². The molecule has 3 nitrogen and oxygen atoms in total. The molecule has 1 unspecified atom stereocenters. The van der Waals surface area contributed by atoms with E-state index in [1.54, 1.807) is 0 Å². The van der Waals surface area contributed by atoms with Crippen LogP contribution in [0.3, 0.4) is 0 Å². The molecule has 1 heterocycles. The molecule has 94 valence electrons. The first kappa shape index (κ1) is 12.9. The van der Waals surface area contributed by atoms with Crippen LogP contribution in [0.5, 0.6) is 0 Å². The smallest absolute Gasteiger partial charge is 0.268 e. The summed E-state index contributed by atoms with van der Waals surface area (Å²) in [6.45, 7) is 1.97. The number of benzene rings is 1. The highest BCUT2D eigenvalue weighted by atomic mass is 79.9. The van der Waals surface area contributed by atoms with Crippen molar-refractivity contribution in [2.75, 3.05) is 0 Å². The Bertz CT molecular complexity index is 562. The zero-order chi connectivity index (χ0) is 13.1. The molecule has 18 heavy (non-hydrogen) atoms. The van der Waals surface area contributed by atoms with E-state index in [0.717, 1.165) is 10.0 Å². The third-order valence-electron chi connectivity index (χ3n) is 2.87. The first-order valence-electron chi connectivity index (χ1n) is 5.75. The third-order valence-corrected chi connectivity index (χ3v) is 3.37. The second-order valence-electron chi connectivity index (χ2n) is 4.25. The fraction of sp³-hybridized carbons (Fsp3) is 0.214. The van der Waals surface area contributed by atoms with Gasteiger partial charge in [0.25, 0.3) is 5.91 Å². The predicted octanol–water partition coefficient (Wildman–Crippen LogP) is 3.28. The summed E-state index contributed by atoms with van der Waals surface area (Å²) in [7, 11) is 1.86. The van der Waals surface area contributed by atoms with Gasteiger partial charge >= 0.3 is 0 Å². The molecular formula is C14H15BrN2O. The maximum absolute atomic E-state index is 12.1. The SMILES string of the molecule is CC(NC(=O)c1cccn1C)c1cccc(Br)c1. The normalized spacial score (nSPS) is 12.2. The van der Waals surface area contributed by atoms with Crippen LogP contribution in [0, 0.1) is 0 Å². The van der Waals surface area contributed by atoms with Gasteiger partial charge in [0.15, 0.2) is 0 Å². The summed E-state index contributed by atoms with van der Waals surface area (Å²) < 4.78 is 2.82. The molecule has 1 aromatic carbocycles. The molecular weight excluding hydrogens is 292 g/mol. The van der Waals surface area contributed by atoms with Crippen LogP contribution < -0.4 is 5.32 Å². The van der Waals surface area contributed by atoms with E-state index >= 15 is 0 Å². The van der Waals surface area contributed by atoms with Crippen LogP contribution in [-0.4, -0.2) is 10.5 Å². The van der Waals surface area contributed by atoms with Crippen molar-refractivity contribution in [2.24, 2.45) is 7.05 Å². The maximum Gasteiger partial charge on any atom is 0.268 e. The van der Waals surface area contributed by atoms with Crippen LogP contribution >= 0.6 is 15.9 Å². The van der Waals surface area contributed by atoms with E-state index in [2.05, 4.69) is 21.2 Å². The highest BCUT2D eigenvalue weighted by Gasteiger charge is 2.13. The second-order valence-corrected chi connectivity index (χ2v) is 5.17. The fourth-order valence-corrected chi connectivity index (χ4v) is 2.24. The number of amides is 1. The lowest BCUT2D eigenvalue weighted by molar-refractivity contribution is 0.0931. The number of nitrogens with zero attached hydrogens (tertiary/aromatic N) is 1. The summed E-state index contributed by atoms with van der Waals surface area (Å²) in [4.78, 5) is 12.1. The lowest BCUT2D eigenvalue weighted by Crippen LogP contribution is -2.28. The van der Waals surface area contributed by atoms with Gasteiger partial charge in [-0.2, -0.15) is 0 Å². The van der Waals surface area contributed by atoms with Crippen molar-refractivity contribution in [1.82, 2.24) is 9.88 Å². The minimum Gasteiger partial charge on any atom is -0.347 e.